The van der Waals surface area contributed by atoms with Crippen molar-refractivity contribution in [1.82, 2.24) is 4.90 Å². The van der Waals surface area contributed by atoms with Crippen LogP contribution in [0.15, 0.2) is 65.3 Å². The number of ether oxygens (including phenoxy) is 1. The van der Waals surface area contributed by atoms with Crippen LogP contribution < -0.4 is 5.32 Å². The van der Waals surface area contributed by atoms with Crippen molar-refractivity contribution in [2.24, 2.45) is 11.3 Å². The molecule has 2 aliphatic heterocycles. The van der Waals surface area contributed by atoms with Crippen molar-refractivity contribution in [2.45, 2.75) is 69.1 Å². The molecule has 2 heterocycles. The molecule has 0 radical (unpaired) electrons. The second-order valence-electron chi connectivity index (χ2n) is 11.0. The summed E-state index contributed by atoms with van der Waals surface area (Å²) in [6, 6.07) is 10.4. The highest BCUT2D eigenvalue weighted by Gasteiger charge is 2.65. The lowest BCUT2D eigenvalue weighted by Gasteiger charge is -2.54. The molecule has 5 aliphatic rings. The molecule has 3 aliphatic carbocycles. The lowest BCUT2D eigenvalue weighted by molar-refractivity contribution is -0.137. The SMILES string of the molecule is CN(C)[C@H]1CCC2=CC3=CC[C@]4(C)C(C(=O)Nc5ccccc5)=CC[C@H]4[C@@]34CC[C@]2(C1)O4. The van der Waals surface area contributed by atoms with Crippen LogP contribution in [0.25, 0.3) is 0 Å². The largest absolute Gasteiger partial charge is 0.359 e. The third kappa shape index (κ3) is 2.72. The van der Waals surface area contributed by atoms with Crippen LogP contribution in [0, 0.1) is 11.3 Å². The Morgan fingerprint density at radius 1 is 1.16 bits per heavy atom. The predicted octanol–water partition coefficient (Wildman–Crippen LogP) is 5.25. The number of benzene rings is 1. The molecule has 2 spiro atoms. The van der Waals surface area contributed by atoms with E-state index in [1.165, 1.54) is 17.6 Å². The number of rotatable bonds is 3. The van der Waals surface area contributed by atoms with Gasteiger partial charge >= 0.3 is 0 Å². The van der Waals surface area contributed by atoms with Gasteiger partial charge in [0.1, 0.15) is 0 Å². The summed E-state index contributed by atoms with van der Waals surface area (Å²) in [5.74, 6) is 0.364. The van der Waals surface area contributed by atoms with Gasteiger partial charge in [-0.15, -0.1) is 0 Å². The standard InChI is InChI=1S/C28H34N2O2/c1-26-14-13-20-17-19-9-10-22(30(2)3)18-27(19)15-16-28(20,32-27)24(26)12-11-23(26)25(31)29-21-7-5-4-6-8-21/h4-8,11,13,17,22,24H,9-10,12,14-16,18H2,1-3H3,(H,29,31)/t22-,24+,26+,27+,28+/m0/s1. The van der Waals surface area contributed by atoms with Crippen LogP contribution in [0.2, 0.25) is 0 Å². The highest BCUT2D eigenvalue weighted by Crippen LogP contribution is 2.66. The lowest BCUT2D eigenvalue weighted by Crippen LogP contribution is -2.55. The molecule has 2 bridgehead atoms. The molecule has 1 amide bonds. The number of nitrogens with zero attached hydrogens (tertiary/aromatic N) is 1. The molecule has 5 atom stereocenters. The Hall–Kier alpha value is -2.17. The van der Waals surface area contributed by atoms with Gasteiger partial charge < -0.3 is 15.0 Å². The number of carbonyl (C=O) groups is 1. The number of amides is 1. The lowest BCUT2D eigenvalue weighted by atomic mass is 9.59. The number of nitrogens with one attached hydrogen (secondary N) is 1. The zero-order chi connectivity index (χ0) is 22.1. The third-order valence-corrected chi connectivity index (χ3v) is 9.25. The Kier molecular flexibility index (Phi) is 4.42. The third-order valence-electron chi connectivity index (χ3n) is 9.25. The van der Waals surface area contributed by atoms with Crippen LogP contribution in [0.1, 0.15) is 51.9 Å². The Morgan fingerprint density at radius 3 is 2.75 bits per heavy atom. The predicted molar refractivity (Wildman–Crippen MR) is 127 cm³/mol. The minimum Gasteiger partial charge on any atom is -0.359 e. The Balaban J connectivity index is 1.32. The van der Waals surface area contributed by atoms with E-state index in [4.69, 9.17) is 4.74 Å². The van der Waals surface area contributed by atoms with Crippen molar-refractivity contribution in [3.8, 4) is 0 Å². The van der Waals surface area contributed by atoms with Crippen LogP contribution in [-0.4, -0.2) is 42.1 Å². The van der Waals surface area contributed by atoms with Crippen molar-refractivity contribution in [2.75, 3.05) is 19.4 Å². The van der Waals surface area contributed by atoms with E-state index in [0.717, 1.165) is 49.8 Å². The van der Waals surface area contributed by atoms with E-state index < -0.39 is 0 Å². The Bertz CT molecular complexity index is 1050. The minimum atomic E-state index is -0.240. The molecule has 1 saturated heterocycles. The molecule has 4 heteroatoms. The molecular formula is C28H34N2O2. The van der Waals surface area contributed by atoms with Crippen LogP contribution >= 0.6 is 0 Å². The Labute approximate surface area is 191 Å². The highest BCUT2D eigenvalue weighted by molar-refractivity contribution is 6.05. The number of hydrogen-bond donors (Lipinski definition) is 1. The molecule has 168 valence electrons. The van der Waals surface area contributed by atoms with E-state index in [9.17, 15) is 4.79 Å². The maximum atomic E-state index is 13.3. The highest BCUT2D eigenvalue weighted by atomic mass is 16.5. The van der Waals surface area contributed by atoms with E-state index in [1.54, 1.807) is 0 Å². The fraction of sp³-hybridized carbons (Fsp3) is 0.536. The molecule has 1 aromatic carbocycles. The molecule has 2 fully saturated rings. The van der Waals surface area contributed by atoms with E-state index in [1.807, 2.05) is 30.3 Å². The summed E-state index contributed by atoms with van der Waals surface area (Å²) in [6.07, 6.45) is 14.6. The van der Waals surface area contributed by atoms with Gasteiger partial charge in [-0.3, -0.25) is 4.79 Å². The average Bonchev–Trinajstić information content (AvgIpc) is 3.29. The molecule has 4 nitrogen and oxygen atoms in total. The van der Waals surface area contributed by atoms with Crippen LogP contribution in [0.5, 0.6) is 0 Å². The van der Waals surface area contributed by atoms with Gasteiger partial charge in [0, 0.05) is 28.6 Å². The summed E-state index contributed by atoms with van der Waals surface area (Å²) < 4.78 is 7.26. The maximum Gasteiger partial charge on any atom is 0.251 e. The van der Waals surface area contributed by atoms with Gasteiger partial charge in [0.25, 0.3) is 5.91 Å². The van der Waals surface area contributed by atoms with Crippen LogP contribution in [0.3, 0.4) is 0 Å². The quantitative estimate of drug-likeness (QED) is 0.712. The molecule has 1 N–H and O–H groups in total. The summed E-state index contributed by atoms with van der Waals surface area (Å²) in [5.41, 5.74) is 4.18. The number of fused-ring (bicyclic) bond motifs is 1. The molecular weight excluding hydrogens is 396 g/mol. The molecule has 1 saturated carbocycles. The van der Waals surface area contributed by atoms with E-state index >= 15 is 0 Å². The first-order valence-corrected chi connectivity index (χ1v) is 12.2. The second-order valence-corrected chi connectivity index (χ2v) is 11.0. The van der Waals surface area contributed by atoms with Gasteiger partial charge in [0.15, 0.2) is 0 Å². The summed E-state index contributed by atoms with van der Waals surface area (Å²) in [7, 11) is 4.40. The number of para-hydroxylation sites is 1. The second kappa shape index (κ2) is 6.91. The van der Waals surface area contributed by atoms with E-state index in [2.05, 4.69) is 49.5 Å². The molecule has 6 rings (SSSR count). The number of allylic oxidation sites excluding steroid dienone is 2. The van der Waals surface area contributed by atoms with Gasteiger partial charge in [-0.1, -0.05) is 43.4 Å². The minimum absolute atomic E-state index is 0.0412. The van der Waals surface area contributed by atoms with Gasteiger partial charge in [-0.05, 0) is 82.3 Å². The fourth-order valence-electron chi connectivity index (χ4n) is 7.48. The van der Waals surface area contributed by atoms with Crippen LogP contribution in [-0.2, 0) is 9.53 Å². The van der Waals surface area contributed by atoms with Gasteiger partial charge in [-0.2, -0.15) is 0 Å². The smallest absolute Gasteiger partial charge is 0.251 e. The number of hydrogen-bond acceptors (Lipinski definition) is 3. The van der Waals surface area contributed by atoms with E-state index in [-0.39, 0.29) is 22.5 Å². The molecule has 32 heavy (non-hydrogen) atoms. The van der Waals surface area contributed by atoms with E-state index in [0.29, 0.717) is 12.0 Å². The van der Waals surface area contributed by atoms with Crippen molar-refractivity contribution in [1.29, 1.82) is 0 Å². The van der Waals surface area contributed by atoms with Crippen LogP contribution in [0.4, 0.5) is 5.69 Å². The van der Waals surface area contributed by atoms with Gasteiger partial charge in [0.2, 0.25) is 0 Å². The van der Waals surface area contributed by atoms with Gasteiger partial charge in [-0.25, -0.2) is 0 Å². The van der Waals surface area contributed by atoms with Gasteiger partial charge in [0.05, 0.1) is 11.2 Å². The van der Waals surface area contributed by atoms with Crippen molar-refractivity contribution >= 4 is 11.6 Å². The Morgan fingerprint density at radius 2 is 1.97 bits per heavy atom. The number of carbonyl (C=O) groups excluding carboxylic acids is 1. The zero-order valence-corrected chi connectivity index (χ0v) is 19.5. The fourth-order valence-corrected chi connectivity index (χ4v) is 7.48. The molecule has 0 unspecified atom stereocenters. The zero-order valence-electron chi connectivity index (χ0n) is 19.5. The van der Waals surface area contributed by atoms with Crippen molar-refractivity contribution < 1.29 is 9.53 Å². The normalized spacial score (nSPS) is 39.4. The molecule has 0 aromatic heterocycles. The summed E-state index contributed by atoms with van der Waals surface area (Å²) in [4.78, 5) is 15.7. The first-order chi connectivity index (χ1) is 15.4. The summed E-state index contributed by atoms with van der Waals surface area (Å²) in [6.45, 7) is 2.29. The topological polar surface area (TPSA) is 41.6 Å². The summed E-state index contributed by atoms with van der Waals surface area (Å²) >= 11 is 0. The first-order valence-electron chi connectivity index (χ1n) is 12.2. The van der Waals surface area contributed by atoms with Crippen molar-refractivity contribution in [3.05, 3.63) is 65.3 Å². The molecule has 1 aromatic rings. The maximum absolute atomic E-state index is 13.3. The first kappa shape index (κ1) is 20.4. The average molecular weight is 431 g/mol. The van der Waals surface area contributed by atoms with Crippen molar-refractivity contribution in [3.63, 3.8) is 0 Å². The summed E-state index contributed by atoms with van der Waals surface area (Å²) in [5, 5.41) is 3.13. The monoisotopic (exact) mass is 430 g/mol. The number of anilines is 1.